The summed E-state index contributed by atoms with van der Waals surface area (Å²) in [6.45, 7) is 8.28. The van der Waals surface area contributed by atoms with Crippen molar-refractivity contribution in [3.8, 4) is 0 Å². The molecular weight excluding hydrogens is 348 g/mol. The van der Waals surface area contributed by atoms with Crippen LogP contribution in [0.4, 0.5) is 0 Å². The van der Waals surface area contributed by atoms with Crippen molar-refractivity contribution in [1.29, 1.82) is 0 Å². The van der Waals surface area contributed by atoms with E-state index in [0.29, 0.717) is 0 Å². The molecule has 26 heavy (non-hydrogen) atoms. The van der Waals surface area contributed by atoms with E-state index >= 15 is 0 Å². The summed E-state index contributed by atoms with van der Waals surface area (Å²) in [6, 6.07) is 0. The molecule has 148 valence electrons. The van der Waals surface area contributed by atoms with E-state index in [1.54, 1.807) is 0 Å². The Morgan fingerprint density at radius 1 is 0.769 bits per heavy atom. The van der Waals surface area contributed by atoms with E-state index in [0.717, 1.165) is 0 Å². The van der Waals surface area contributed by atoms with E-state index < -0.39 is 54.4 Å². The maximum Gasteiger partial charge on any atom is 0.303 e. The third-order valence-corrected chi connectivity index (χ3v) is 3.68. The minimum absolute atomic E-state index is 0.129. The van der Waals surface area contributed by atoms with Gasteiger partial charge in [0, 0.05) is 27.7 Å². The Kier molecular flexibility index (Phi) is 8.01. The molecule has 0 aromatic heterocycles. The van der Waals surface area contributed by atoms with Crippen LogP contribution in [0.3, 0.4) is 0 Å². The molecule has 1 heterocycles. The first-order valence-electron chi connectivity index (χ1n) is 8.33. The summed E-state index contributed by atoms with van der Waals surface area (Å²) in [5, 5.41) is 0. The van der Waals surface area contributed by atoms with Gasteiger partial charge in [-0.25, -0.2) is 0 Å². The van der Waals surface area contributed by atoms with Gasteiger partial charge in [0.15, 0.2) is 18.3 Å². The highest BCUT2D eigenvalue weighted by atomic mass is 16.7. The van der Waals surface area contributed by atoms with Gasteiger partial charge in [-0.15, -0.1) is 0 Å². The number of ether oxygens (including phenoxy) is 5. The number of carbonyl (C=O) groups is 4. The fourth-order valence-corrected chi connectivity index (χ4v) is 2.80. The molecule has 1 aliphatic heterocycles. The summed E-state index contributed by atoms with van der Waals surface area (Å²) in [6.07, 6.45) is -4.71. The second kappa shape index (κ2) is 9.51. The lowest BCUT2D eigenvalue weighted by atomic mass is 9.89. The Bertz CT molecular complexity index is 542. The van der Waals surface area contributed by atoms with Crippen molar-refractivity contribution in [2.45, 2.75) is 72.1 Å². The van der Waals surface area contributed by atoms with Crippen LogP contribution in [0.2, 0.25) is 0 Å². The quantitative estimate of drug-likeness (QED) is 0.491. The van der Waals surface area contributed by atoms with E-state index in [-0.39, 0.29) is 12.5 Å². The smallest absolute Gasteiger partial charge is 0.303 e. The second-order valence-corrected chi connectivity index (χ2v) is 6.41. The SMILES string of the molecule is CC(=O)OCC1O[C@@H](C(C)C)C(OC(C)=O)C(OC(C)=O)[C@H]1OC(C)=O. The van der Waals surface area contributed by atoms with E-state index in [9.17, 15) is 19.2 Å². The van der Waals surface area contributed by atoms with Crippen LogP contribution in [-0.2, 0) is 42.9 Å². The highest BCUT2D eigenvalue weighted by molar-refractivity contribution is 5.68. The molecule has 5 atom stereocenters. The zero-order valence-electron chi connectivity index (χ0n) is 15.8. The van der Waals surface area contributed by atoms with Crippen LogP contribution in [-0.4, -0.2) is 61.0 Å². The van der Waals surface area contributed by atoms with Crippen molar-refractivity contribution in [2.75, 3.05) is 6.61 Å². The summed E-state index contributed by atoms with van der Waals surface area (Å²) < 4.78 is 26.8. The van der Waals surface area contributed by atoms with Gasteiger partial charge in [0.05, 0.1) is 0 Å². The molecule has 1 rings (SSSR count). The molecule has 0 aromatic carbocycles. The van der Waals surface area contributed by atoms with E-state index in [2.05, 4.69) is 0 Å². The minimum Gasteiger partial charge on any atom is -0.463 e. The number of rotatable bonds is 6. The molecule has 1 saturated heterocycles. The second-order valence-electron chi connectivity index (χ2n) is 6.41. The lowest BCUT2D eigenvalue weighted by molar-refractivity contribution is -0.258. The lowest BCUT2D eigenvalue weighted by Crippen LogP contribution is -2.63. The van der Waals surface area contributed by atoms with Crippen molar-refractivity contribution in [3.63, 3.8) is 0 Å². The third kappa shape index (κ3) is 6.29. The molecule has 0 aromatic rings. The van der Waals surface area contributed by atoms with Crippen LogP contribution in [0.5, 0.6) is 0 Å². The Morgan fingerprint density at radius 2 is 1.23 bits per heavy atom. The monoisotopic (exact) mass is 374 g/mol. The summed E-state index contributed by atoms with van der Waals surface area (Å²) in [5.74, 6) is -2.55. The fraction of sp³-hybridized carbons (Fsp3) is 0.765. The molecule has 0 amide bonds. The molecule has 3 unspecified atom stereocenters. The summed E-state index contributed by atoms with van der Waals surface area (Å²) in [7, 11) is 0. The van der Waals surface area contributed by atoms with Crippen LogP contribution in [0.15, 0.2) is 0 Å². The van der Waals surface area contributed by atoms with Crippen molar-refractivity contribution in [3.05, 3.63) is 0 Å². The molecule has 0 radical (unpaired) electrons. The van der Waals surface area contributed by atoms with Gasteiger partial charge < -0.3 is 23.7 Å². The van der Waals surface area contributed by atoms with Crippen molar-refractivity contribution >= 4 is 23.9 Å². The van der Waals surface area contributed by atoms with Crippen molar-refractivity contribution in [1.82, 2.24) is 0 Å². The van der Waals surface area contributed by atoms with Gasteiger partial charge in [-0.3, -0.25) is 19.2 Å². The van der Waals surface area contributed by atoms with E-state index in [4.69, 9.17) is 23.7 Å². The van der Waals surface area contributed by atoms with Gasteiger partial charge in [-0.1, -0.05) is 13.8 Å². The fourth-order valence-electron chi connectivity index (χ4n) is 2.80. The van der Waals surface area contributed by atoms with Gasteiger partial charge in [-0.2, -0.15) is 0 Å². The maximum absolute atomic E-state index is 11.6. The molecule has 1 fully saturated rings. The molecule has 0 saturated carbocycles. The van der Waals surface area contributed by atoms with Gasteiger partial charge in [0.25, 0.3) is 0 Å². The molecule has 9 nitrogen and oxygen atoms in total. The zero-order chi connectivity index (χ0) is 20.0. The standard InChI is InChI=1S/C17H26O9/c1-8(2)14-16(24-11(5)20)17(25-12(6)21)15(23-10(4)19)13(26-14)7-22-9(3)18/h8,13-17H,7H2,1-6H3/t13?,14-,15-,16?,17?/m0/s1. The van der Waals surface area contributed by atoms with E-state index in [1.165, 1.54) is 27.7 Å². The predicted molar refractivity (Wildman–Crippen MR) is 86.8 cm³/mol. The number of hydrogen-bond donors (Lipinski definition) is 0. The van der Waals surface area contributed by atoms with E-state index in [1.807, 2.05) is 13.8 Å². The first-order chi connectivity index (χ1) is 12.0. The van der Waals surface area contributed by atoms with Crippen LogP contribution in [0, 0.1) is 5.92 Å². The molecule has 1 aliphatic rings. The summed E-state index contributed by atoms with van der Waals surface area (Å²) in [5.41, 5.74) is 0. The topological polar surface area (TPSA) is 114 Å². The van der Waals surface area contributed by atoms with Crippen LogP contribution in [0.1, 0.15) is 41.5 Å². The largest absolute Gasteiger partial charge is 0.463 e. The third-order valence-electron chi connectivity index (χ3n) is 3.68. The number of hydrogen-bond acceptors (Lipinski definition) is 9. The number of carbonyl (C=O) groups excluding carboxylic acids is 4. The lowest BCUT2D eigenvalue weighted by Gasteiger charge is -2.45. The highest BCUT2D eigenvalue weighted by Crippen LogP contribution is 2.32. The molecule has 0 N–H and O–H groups in total. The Balaban J connectivity index is 3.27. The van der Waals surface area contributed by atoms with Crippen LogP contribution >= 0.6 is 0 Å². The molecule has 0 spiro atoms. The van der Waals surface area contributed by atoms with Crippen LogP contribution in [0.25, 0.3) is 0 Å². The molecule has 0 bridgehead atoms. The number of esters is 4. The Labute approximate surface area is 152 Å². The van der Waals surface area contributed by atoms with Gasteiger partial charge in [0.2, 0.25) is 0 Å². The average molecular weight is 374 g/mol. The van der Waals surface area contributed by atoms with Gasteiger partial charge in [-0.05, 0) is 5.92 Å². The summed E-state index contributed by atoms with van der Waals surface area (Å²) >= 11 is 0. The first kappa shape index (κ1) is 21.9. The zero-order valence-corrected chi connectivity index (χ0v) is 15.8. The average Bonchev–Trinajstić information content (AvgIpc) is 2.47. The van der Waals surface area contributed by atoms with Crippen LogP contribution < -0.4 is 0 Å². The molecule has 9 heteroatoms. The normalized spacial score (nSPS) is 28.2. The molecule has 0 aliphatic carbocycles. The minimum atomic E-state index is -1.10. The van der Waals surface area contributed by atoms with Crippen molar-refractivity contribution in [2.24, 2.45) is 5.92 Å². The summed E-state index contributed by atoms with van der Waals surface area (Å²) in [4.78, 5) is 45.8. The Hall–Kier alpha value is -2.16. The highest BCUT2D eigenvalue weighted by Gasteiger charge is 2.52. The maximum atomic E-state index is 11.6. The van der Waals surface area contributed by atoms with Gasteiger partial charge >= 0.3 is 23.9 Å². The first-order valence-corrected chi connectivity index (χ1v) is 8.33. The molecular formula is C17H26O9. The predicted octanol–water partition coefficient (Wildman–Crippen LogP) is 0.768. The van der Waals surface area contributed by atoms with Gasteiger partial charge in [0.1, 0.15) is 18.8 Å². The van der Waals surface area contributed by atoms with Crippen molar-refractivity contribution < 1.29 is 42.9 Å². The Morgan fingerprint density at radius 3 is 1.65 bits per heavy atom.